The van der Waals surface area contributed by atoms with Crippen molar-refractivity contribution in [2.45, 2.75) is 6.61 Å². The minimum Gasteiger partial charge on any atom is -0.508 e. The topological polar surface area (TPSA) is 84.9 Å². The molecule has 160 valence electrons. The predicted octanol–water partition coefficient (Wildman–Crippen LogP) is 5.43. The Hall–Kier alpha value is -4.32. The highest BCUT2D eigenvalue weighted by Crippen LogP contribution is 2.31. The summed E-state index contributed by atoms with van der Waals surface area (Å²) in [5.74, 6) is -0.929. The van der Waals surface area contributed by atoms with Crippen LogP contribution in [-0.2, 0) is 16.1 Å². The lowest BCUT2D eigenvalue weighted by atomic mass is 10.1. The van der Waals surface area contributed by atoms with Gasteiger partial charge in [0.25, 0.3) is 0 Å². The zero-order valence-corrected chi connectivity index (χ0v) is 17.4. The number of ether oxygens (including phenoxy) is 2. The number of carbonyl (C=O) groups is 2. The molecule has 0 aromatic heterocycles. The van der Waals surface area contributed by atoms with Crippen molar-refractivity contribution >= 4 is 34.1 Å². The second-order valence-electron chi connectivity index (χ2n) is 7.15. The third-order valence-electron chi connectivity index (χ3n) is 5.01. The van der Waals surface area contributed by atoms with Crippen molar-refractivity contribution in [1.82, 2.24) is 0 Å². The van der Waals surface area contributed by atoms with Gasteiger partial charge in [0.05, 0.1) is 23.9 Å². The van der Waals surface area contributed by atoms with Crippen LogP contribution in [0, 0.1) is 0 Å². The second kappa shape index (κ2) is 9.22. The van der Waals surface area contributed by atoms with E-state index in [0.717, 1.165) is 16.3 Å². The van der Waals surface area contributed by atoms with Gasteiger partial charge in [-0.15, -0.1) is 0 Å². The number of aromatic hydroxyl groups is 1. The van der Waals surface area contributed by atoms with Gasteiger partial charge in [-0.25, -0.2) is 9.59 Å². The number of fused-ring (bicyclic) bond motifs is 1. The molecule has 0 heterocycles. The minimum absolute atomic E-state index is 0.123. The Morgan fingerprint density at radius 1 is 0.844 bits per heavy atom. The molecule has 0 atom stereocenters. The molecule has 0 saturated carbocycles. The van der Waals surface area contributed by atoms with E-state index in [4.69, 9.17) is 9.47 Å². The molecule has 0 fully saturated rings. The first-order valence-corrected chi connectivity index (χ1v) is 9.97. The molecule has 0 unspecified atom stereocenters. The quantitative estimate of drug-likeness (QED) is 0.399. The van der Waals surface area contributed by atoms with Crippen molar-refractivity contribution in [1.29, 1.82) is 0 Å². The van der Waals surface area contributed by atoms with Gasteiger partial charge in [-0.3, -0.25) is 0 Å². The SMILES string of the molecule is COC(=O)c1ccc(C(=O)OCc2ccccc2)cc1Nc1cccc2ccc(O)cc12. The molecule has 0 aliphatic rings. The number of benzene rings is 4. The van der Waals surface area contributed by atoms with Crippen LogP contribution in [0.1, 0.15) is 26.3 Å². The molecule has 0 spiro atoms. The number of anilines is 2. The first-order valence-electron chi connectivity index (χ1n) is 9.97. The first-order chi connectivity index (χ1) is 15.5. The van der Waals surface area contributed by atoms with Gasteiger partial charge in [-0.1, -0.05) is 48.5 Å². The van der Waals surface area contributed by atoms with Crippen LogP contribution in [-0.4, -0.2) is 24.2 Å². The Balaban J connectivity index is 1.66. The number of hydrogen-bond donors (Lipinski definition) is 2. The molecule has 6 heteroatoms. The predicted molar refractivity (Wildman–Crippen MR) is 122 cm³/mol. The van der Waals surface area contributed by atoms with E-state index >= 15 is 0 Å². The molecule has 0 aliphatic carbocycles. The molecule has 0 saturated heterocycles. The van der Waals surface area contributed by atoms with Crippen LogP contribution in [0.25, 0.3) is 10.8 Å². The van der Waals surface area contributed by atoms with Gasteiger partial charge in [0.15, 0.2) is 0 Å². The van der Waals surface area contributed by atoms with Crippen molar-refractivity contribution in [2.75, 3.05) is 12.4 Å². The van der Waals surface area contributed by atoms with E-state index in [1.54, 1.807) is 24.3 Å². The summed E-state index contributed by atoms with van der Waals surface area (Å²) in [6.07, 6.45) is 0. The summed E-state index contributed by atoms with van der Waals surface area (Å²) in [5, 5.41) is 14.8. The fraction of sp³-hybridized carbons (Fsp3) is 0.0769. The van der Waals surface area contributed by atoms with Gasteiger partial charge in [0, 0.05) is 11.1 Å². The lowest BCUT2D eigenvalue weighted by molar-refractivity contribution is 0.0471. The molecular weight excluding hydrogens is 406 g/mol. The Labute approximate surface area is 185 Å². The highest BCUT2D eigenvalue weighted by molar-refractivity contribution is 6.02. The first kappa shape index (κ1) is 20.9. The molecule has 2 N–H and O–H groups in total. The molecule has 0 bridgehead atoms. The summed E-state index contributed by atoms with van der Waals surface area (Å²) in [4.78, 5) is 24.9. The molecule has 4 aromatic rings. The van der Waals surface area contributed by atoms with E-state index in [1.807, 2.05) is 48.5 Å². The van der Waals surface area contributed by atoms with E-state index in [9.17, 15) is 14.7 Å². The average molecular weight is 427 g/mol. The highest BCUT2D eigenvalue weighted by Gasteiger charge is 2.17. The summed E-state index contributed by atoms with van der Waals surface area (Å²) in [6, 6.07) is 24.6. The van der Waals surface area contributed by atoms with Crippen LogP contribution in [0.5, 0.6) is 5.75 Å². The zero-order valence-electron chi connectivity index (χ0n) is 17.4. The van der Waals surface area contributed by atoms with Gasteiger partial charge < -0.3 is 19.9 Å². The summed E-state index contributed by atoms with van der Waals surface area (Å²) in [5.41, 5.74) is 2.49. The largest absolute Gasteiger partial charge is 0.508 e. The van der Waals surface area contributed by atoms with Gasteiger partial charge >= 0.3 is 11.9 Å². The summed E-state index contributed by atoms with van der Waals surface area (Å²) in [6.45, 7) is 0.143. The number of carbonyl (C=O) groups excluding carboxylic acids is 2. The maximum Gasteiger partial charge on any atom is 0.339 e. The number of hydrogen-bond acceptors (Lipinski definition) is 6. The Morgan fingerprint density at radius 2 is 1.66 bits per heavy atom. The number of phenolic OH excluding ortho intramolecular Hbond substituents is 1. The molecule has 32 heavy (non-hydrogen) atoms. The Bertz CT molecular complexity index is 1280. The van der Waals surface area contributed by atoms with Crippen molar-refractivity contribution < 1.29 is 24.2 Å². The molecule has 0 aliphatic heterocycles. The highest BCUT2D eigenvalue weighted by atomic mass is 16.5. The van der Waals surface area contributed by atoms with Crippen LogP contribution in [0.4, 0.5) is 11.4 Å². The monoisotopic (exact) mass is 427 g/mol. The standard InChI is InChI=1S/C26H21NO5/c1-31-26(30)21-13-11-19(25(29)32-16-17-6-3-2-4-7-17)14-24(21)27-23-9-5-8-18-10-12-20(28)15-22(18)23/h2-15,27-28H,16H2,1H3. The van der Waals surface area contributed by atoms with Gasteiger partial charge in [0.1, 0.15) is 12.4 Å². The van der Waals surface area contributed by atoms with Gasteiger partial charge in [-0.05, 0) is 47.3 Å². The van der Waals surface area contributed by atoms with Gasteiger partial charge in [-0.2, -0.15) is 0 Å². The molecular formula is C26H21NO5. The number of rotatable bonds is 6. The Kier molecular flexibility index (Phi) is 6.03. The third-order valence-corrected chi connectivity index (χ3v) is 5.01. The van der Waals surface area contributed by atoms with E-state index in [-0.39, 0.29) is 17.9 Å². The van der Waals surface area contributed by atoms with Gasteiger partial charge in [0.2, 0.25) is 0 Å². The minimum atomic E-state index is -0.542. The van der Waals surface area contributed by atoms with Crippen LogP contribution in [0.2, 0.25) is 0 Å². The lowest BCUT2D eigenvalue weighted by Crippen LogP contribution is -2.10. The van der Waals surface area contributed by atoms with Crippen molar-refractivity contribution in [3.63, 3.8) is 0 Å². The van der Waals surface area contributed by atoms with Crippen LogP contribution >= 0.6 is 0 Å². The molecule has 4 rings (SSSR count). The molecule has 4 aromatic carbocycles. The summed E-state index contributed by atoms with van der Waals surface area (Å²) < 4.78 is 10.3. The summed E-state index contributed by atoms with van der Waals surface area (Å²) >= 11 is 0. The lowest BCUT2D eigenvalue weighted by Gasteiger charge is -2.15. The van der Waals surface area contributed by atoms with Crippen molar-refractivity contribution in [2.24, 2.45) is 0 Å². The number of nitrogens with one attached hydrogen (secondary N) is 1. The molecule has 6 nitrogen and oxygen atoms in total. The van der Waals surface area contributed by atoms with E-state index in [2.05, 4.69) is 5.32 Å². The van der Waals surface area contributed by atoms with Crippen LogP contribution < -0.4 is 5.32 Å². The fourth-order valence-electron chi connectivity index (χ4n) is 3.38. The van der Waals surface area contributed by atoms with E-state index < -0.39 is 11.9 Å². The molecule has 0 amide bonds. The van der Waals surface area contributed by atoms with Crippen molar-refractivity contribution in [3.05, 3.63) is 102 Å². The number of methoxy groups -OCH3 is 1. The molecule has 0 radical (unpaired) electrons. The number of phenols is 1. The van der Waals surface area contributed by atoms with E-state index in [1.165, 1.54) is 19.2 Å². The Morgan fingerprint density at radius 3 is 2.44 bits per heavy atom. The maximum atomic E-state index is 12.6. The average Bonchev–Trinajstić information content (AvgIpc) is 2.83. The third kappa shape index (κ3) is 4.54. The van der Waals surface area contributed by atoms with Crippen LogP contribution in [0.15, 0.2) is 84.9 Å². The fourth-order valence-corrected chi connectivity index (χ4v) is 3.38. The normalized spacial score (nSPS) is 10.5. The van der Waals surface area contributed by atoms with E-state index in [0.29, 0.717) is 16.9 Å². The smallest absolute Gasteiger partial charge is 0.339 e. The maximum absolute atomic E-state index is 12.6. The second-order valence-corrected chi connectivity index (χ2v) is 7.15. The number of esters is 2. The zero-order chi connectivity index (χ0) is 22.5. The van der Waals surface area contributed by atoms with Crippen molar-refractivity contribution in [3.8, 4) is 5.75 Å². The summed E-state index contributed by atoms with van der Waals surface area (Å²) in [7, 11) is 1.30. The van der Waals surface area contributed by atoms with Crippen LogP contribution in [0.3, 0.4) is 0 Å².